The lowest BCUT2D eigenvalue weighted by atomic mass is 10.1. The highest BCUT2D eigenvalue weighted by Gasteiger charge is 2.31. The minimum absolute atomic E-state index is 0.0926. The lowest BCUT2D eigenvalue weighted by Crippen LogP contribution is -2.17. The van der Waals surface area contributed by atoms with Crippen LogP contribution in [0.1, 0.15) is 16.8 Å². The number of aryl methyl sites for hydroxylation is 1. The molecule has 0 spiro atoms. The largest absolute Gasteiger partial charge is 0.339 e. The van der Waals surface area contributed by atoms with Crippen molar-refractivity contribution in [1.29, 1.82) is 0 Å². The summed E-state index contributed by atoms with van der Waals surface area (Å²) in [5.41, 5.74) is 4.54. The zero-order chi connectivity index (χ0) is 21.0. The van der Waals surface area contributed by atoms with Gasteiger partial charge >= 0.3 is 0 Å². The first-order chi connectivity index (χ1) is 14.4. The van der Waals surface area contributed by atoms with Crippen LogP contribution in [-0.2, 0) is 16.4 Å². The van der Waals surface area contributed by atoms with Gasteiger partial charge in [-0.3, -0.25) is 0 Å². The van der Waals surface area contributed by atoms with E-state index in [9.17, 15) is 8.42 Å². The first-order valence-corrected chi connectivity index (χ1v) is 11.3. The van der Waals surface area contributed by atoms with Gasteiger partial charge in [-0.25, -0.2) is 16.8 Å². The standard InChI is InChI=1S/C24H21FN2O2S/c1-16-10-12-19(13-11-16)30(28,29)27-17(2)23(20-7-5-8-21(25)24(20)27)26-15-14-18-6-3-4-9-22(18)26/h3-13H,14-15H2,1-2H3. The van der Waals surface area contributed by atoms with Crippen molar-refractivity contribution in [3.05, 3.63) is 89.4 Å². The van der Waals surface area contributed by atoms with Gasteiger partial charge in [0.15, 0.2) is 0 Å². The number of hydrogen-bond acceptors (Lipinski definition) is 3. The van der Waals surface area contributed by atoms with Crippen LogP contribution in [-0.4, -0.2) is 18.9 Å². The maximum Gasteiger partial charge on any atom is 0.268 e. The predicted octanol–water partition coefficient (Wildman–Crippen LogP) is 5.33. The highest BCUT2D eigenvalue weighted by molar-refractivity contribution is 7.90. The molecule has 0 bridgehead atoms. The second-order valence-electron chi connectivity index (χ2n) is 7.68. The van der Waals surface area contributed by atoms with Crippen molar-refractivity contribution in [3.8, 4) is 0 Å². The average molecular weight is 421 g/mol. The molecule has 0 N–H and O–H groups in total. The lowest BCUT2D eigenvalue weighted by molar-refractivity contribution is 0.585. The highest BCUT2D eigenvalue weighted by Crippen LogP contribution is 2.43. The van der Waals surface area contributed by atoms with Crippen molar-refractivity contribution in [2.75, 3.05) is 11.4 Å². The molecule has 4 nitrogen and oxygen atoms in total. The van der Waals surface area contributed by atoms with Crippen LogP contribution >= 0.6 is 0 Å². The van der Waals surface area contributed by atoms with Gasteiger partial charge in [0.25, 0.3) is 10.0 Å². The van der Waals surface area contributed by atoms with E-state index in [2.05, 4.69) is 11.0 Å². The van der Waals surface area contributed by atoms with Gasteiger partial charge in [-0.15, -0.1) is 0 Å². The number of nitrogens with zero attached hydrogens (tertiary/aromatic N) is 2. The normalized spacial score (nSPS) is 13.8. The number of aromatic nitrogens is 1. The van der Waals surface area contributed by atoms with Gasteiger partial charge in [0.05, 0.1) is 16.3 Å². The third-order valence-corrected chi connectivity index (χ3v) is 7.61. The summed E-state index contributed by atoms with van der Waals surface area (Å²) in [5, 5.41) is 0.597. The van der Waals surface area contributed by atoms with Crippen molar-refractivity contribution in [1.82, 2.24) is 3.97 Å². The van der Waals surface area contributed by atoms with Gasteiger partial charge in [0.1, 0.15) is 11.3 Å². The molecule has 0 saturated heterocycles. The summed E-state index contributed by atoms with van der Waals surface area (Å²) in [6.45, 7) is 4.37. The Balaban J connectivity index is 1.81. The molecule has 5 rings (SSSR count). The Hall–Kier alpha value is -3.12. The minimum Gasteiger partial charge on any atom is -0.339 e. The van der Waals surface area contributed by atoms with Crippen LogP contribution in [0.4, 0.5) is 15.8 Å². The molecule has 0 amide bonds. The van der Waals surface area contributed by atoms with Gasteiger partial charge in [0.2, 0.25) is 0 Å². The molecule has 152 valence electrons. The summed E-state index contributed by atoms with van der Waals surface area (Å²) in [4.78, 5) is 2.25. The van der Waals surface area contributed by atoms with Gasteiger partial charge in [-0.05, 0) is 50.1 Å². The third kappa shape index (κ3) is 2.67. The Labute approximate surface area is 175 Å². The molecule has 6 heteroatoms. The summed E-state index contributed by atoms with van der Waals surface area (Å²) in [6, 6.07) is 19.5. The lowest BCUT2D eigenvalue weighted by Gasteiger charge is -2.20. The van der Waals surface area contributed by atoms with E-state index < -0.39 is 15.8 Å². The SMILES string of the molecule is Cc1ccc(S(=O)(=O)n2c(C)c(N3CCc4ccccc43)c3cccc(F)c32)cc1. The molecule has 30 heavy (non-hydrogen) atoms. The molecular formula is C24H21FN2O2S. The molecule has 0 fully saturated rings. The van der Waals surface area contributed by atoms with Crippen molar-refractivity contribution < 1.29 is 12.8 Å². The van der Waals surface area contributed by atoms with Crippen LogP contribution in [0.3, 0.4) is 0 Å². The van der Waals surface area contributed by atoms with Crippen LogP contribution in [0.25, 0.3) is 10.9 Å². The first-order valence-electron chi connectivity index (χ1n) is 9.87. The van der Waals surface area contributed by atoms with E-state index in [1.54, 1.807) is 43.3 Å². The van der Waals surface area contributed by atoms with Crippen LogP contribution < -0.4 is 4.90 Å². The van der Waals surface area contributed by atoms with Gasteiger partial charge in [-0.2, -0.15) is 0 Å². The van der Waals surface area contributed by atoms with Crippen molar-refractivity contribution in [2.24, 2.45) is 0 Å². The predicted molar refractivity (Wildman–Crippen MR) is 118 cm³/mol. The van der Waals surface area contributed by atoms with Crippen molar-refractivity contribution in [2.45, 2.75) is 25.2 Å². The van der Waals surface area contributed by atoms with Gasteiger partial charge in [-0.1, -0.05) is 48.0 Å². The molecule has 1 aliphatic rings. The Morgan fingerprint density at radius 1 is 0.900 bits per heavy atom. The van der Waals surface area contributed by atoms with E-state index in [-0.39, 0.29) is 10.4 Å². The molecule has 0 radical (unpaired) electrons. The summed E-state index contributed by atoms with van der Waals surface area (Å²) in [5.74, 6) is -0.551. The fraction of sp³-hybridized carbons (Fsp3) is 0.167. The molecule has 2 heterocycles. The number of hydrogen-bond donors (Lipinski definition) is 0. The smallest absolute Gasteiger partial charge is 0.268 e. The van der Waals surface area contributed by atoms with E-state index in [1.165, 1.54) is 15.6 Å². The van der Waals surface area contributed by atoms with E-state index in [0.717, 1.165) is 29.9 Å². The molecule has 0 atom stereocenters. The monoisotopic (exact) mass is 420 g/mol. The maximum atomic E-state index is 15.0. The fourth-order valence-electron chi connectivity index (χ4n) is 4.40. The minimum atomic E-state index is -3.97. The molecule has 1 aromatic heterocycles. The summed E-state index contributed by atoms with van der Waals surface area (Å²) < 4.78 is 43.4. The van der Waals surface area contributed by atoms with E-state index in [1.807, 2.05) is 25.1 Å². The molecule has 0 aliphatic carbocycles. The number of benzene rings is 3. The van der Waals surface area contributed by atoms with Crippen LogP contribution in [0.2, 0.25) is 0 Å². The third-order valence-electron chi connectivity index (χ3n) is 5.81. The fourth-order valence-corrected chi connectivity index (χ4v) is 5.96. The Bertz CT molecular complexity index is 1390. The Morgan fingerprint density at radius 3 is 2.40 bits per heavy atom. The number of anilines is 2. The number of halogens is 1. The number of para-hydroxylation sites is 2. The summed E-state index contributed by atoms with van der Waals surface area (Å²) in [6.07, 6.45) is 0.863. The average Bonchev–Trinajstić information content (AvgIpc) is 3.27. The first kappa shape index (κ1) is 18.9. The van der Waals surface area contributed by atoms with E-state index in [0.29, 0.717) is 11.1 Å². The van der Waals surface area contributed by atoms with E-state index >= 15 is 4.39 Å². The second kappa shape index (κ2) is 6.71. The number of rotatable bonds is 3. The van der Waals surface area contributed by atoms with Crippen LogP contribution in [0.5, 0.6) is 0 Å². The van der Waals surface area contributed by atoms with Crippen LogP contribution in [0, 0.1) is 19.7 Å². The van der Waals surface area contributed by atoms with Gasteiger partial charge in [0, 0.05) is 17.6 Å². The molecule has 3 aromatic carbocycles. The molecular weight excluding hydrogens is 399 g/mol. The molecule has 1 aliphatic heterocycles. The van der Waals surface area contributed by atoms with E-state index in [4.69, 9.17) is 0 Å². The number of fused-ring (bicyclic) bond motifs is 2. The molecule has 4 aromatic rings. The second-order valence-corrected chi connectivity index (χ2v) is 9.47. The zero-order valence-electron chi connectivity index (χ0n) is 16.8. The zero-order valence-corrected chi connectivity index (χ0v) is 17.6. The molecule has 0 saturated carbocycles. The summed E-state index contributed by atoms with van der Waals surface area (Å²) >= 11 is 0. The van der Waals surface area contributed by atoms with Crippen LogP contribution in [0.15, 0.2) is 71.6 Å². The Kier molecular flexibility index (Phi) is 4.22. The topological polar surface area (TPSA) is 42.3 Å². The maximum absolute atomic E-state index is 15.0. The van der Waals surface area contributed by atoms with Gasteiger partial charge < -0.3 is 4.90 Å². The van der Waals surface area contributed by atoms with Crippen molar-refractivity contribution >= 4 is 32.3 Å². The highest BCUT2D eigenvalue weighted by atomic mass is 32.2. The Morgan fingerprint density at radius 2 is 1.63 bits per heavy atom. The van der Waals surface area contributed by atoms with Crippen molar-refractivity contribution in [3.63, 3.8) is 0 Å². The molecule has 0 unspecified atom stereocenters. The summed E-state index contributed by atoms with van der Waals surface area (Å²) in [7, 11) is -3.97. The quantitative estimate of drug-likeness (QED) is 0.450.